The number of carbonyl (C=O) groups excluding carboxylic acids is 1. The van der Waals surface area contributed by atoms with E-state index < -0.39 is 48.9 Å². The Morgan fingerprint density at radius 1 is 0.833 bits per heavy atom. The van der Waals surface area contributed by atoms with Crippen molar-refractivity contribution in [1.29, 1.82) is 0 Å². The summed E-state index contributed by atoms with van der Waals surface area (Å²) in [5.74, 6) is -29.5. The van der Waals surface area contributed by atoms with Gasteiger partial charge in [-0.25, -0.2) is 4.79 Å². The van der Waals surface area contributed by atoms with Crippen molar-refractivity contribution in [3.8, 4) is 0 Å². The molecule has 14 heteroatoms. The molecule has 0 bridgehead atoms. The molecule has 0 aliphatic rings. The van der Waals surface area contributed by atoms with Crippen LogP contribution in [0.25, 0.3) is 0 Å². The van der Waals surface area contributed by atoms with Gasteiger partial charge in [-0.3, -0.25) is 0 Å². The molecule has 0 aliphatic carbocycles. The van der Waals surface area contributed by atoms with E-state index in [2.05, 4.69) is 4.74 Å². The molecule has 0 spiro atoms. The number of hydrogen-bond donors (Lipinski definition) is 0. The molecule has 0 radical (unpaired) electrons. The van der Waals surface area contributed by atoms with E-state index in [9.17, 15) is 53.1 Å². The molecule has 0 aromatic rings. The van der Waals surface area contributed by atoms with Crippen LogP contribution in [0.3, 0.4) is 0 Å². The van der Waals surface area contributed by atoms with Gasteiger partial charge in [0, 0.05) is 11.6 Å². The summed E-state index contributed by atoms with van der Waals surface area (Å²) in [7, 11) is 0. The van der Waals surface area contributed by atoms with E-state index in [0.717, 1.165) is 0 Å². The summed E-state index contributed by atoms with van der Waals surface area (Å²) < 4.78 is 142. The summed E-state index contributed by atoms with van der Waals surface area (Å²) in [5.41, 5.74) is 0.507. The number of alkyl halides is 11. The Bertz CT molecular complexity index is 484. The SMILES string of the molecule is O=C(/C=C\Cl)OCCC(F)(F)C(F)(F)C(F)(F)C(F)(F)C(F)(F)F. The topological polar surface area (TPSA) is 26.3 Å². The van der Waals surface area contributed by atoms with E-state index in [-0.39, 0.29) is 0 Å². The Hall–Kier alpha value is -1.27. The lowest BCUT2D eigenvalue weighted by Crippen LogP contribution is -2.66. The van der Waals surface area contributed by atoms with Crippen molar-refractivity contribution in [2.45, 2.75) is 36.3 Å². The van der Waals surface area contributed by atoms with Gasteiger partial charge in [-0.2, -0.15) is 48.3 Å². The highest BCUT2D eigenvalue weighted by Crippen LogP contribution is 2.57. The lowest BCUT2D eigenvalue weighted by Gasteiger charge is -2.37. The van der Waals surface area contributed by atoms with Crippen LogP contribution in [0.1, 0.15) is 6.42 Å². The number of esters is 1. The zero-order valence-electron chi connectivity index (χ0n) is 10.9. The summed E-state index contributed by atoms with van der Waals surface area (Å²) in [4.78, 5) is 10.6. The minimum atomic E-state index is -7.47. The fourth-order valence-corrected chi connectivity index (χ4v) is 1.24. The Labute approximate surface area is 131 Å². The first-order chi connectivity index (χ1) is 10.5. The second-order valence-corrected chi connectivity index (χ2v) is 4.39. The lowest BCUT2D eigenvalue weighted by atomic mass is 9.96. The van der Waals surface area contributed by atoms with E-state index in [4.69, 9.17) is 11.6 Å². The minimum Gasteiger partial charge on any atom is -0.462 e. The smallest absolute Gasteiger partial charge is 0.460 e. The van der Waals surface area contributed by atoms with Crippen molar-refractivity contribution in [2.75, 3.05) is 6.61 Å². The zero-order chi connectivity index (χ0) is 19.6. The second kappa shape index (κ2) is 6.92. The van der Waals surface area contributed by atoms with Crippen LogP contribution in [-0.4, -0.2) is 42.4 Å². The molecule has 0 aliphatic heterocycles. The minimum absolute atomic E-state index is 0.393. The molecule has 0 fully saturated rings. The van der Waals surface area contributed by atoms with Gasteiger partial charge in [0.2, 0.25) is 0 Å². The summed E-state index contributed by atoms with van der Waals surface area (Å²) in [6, 6.07) is 0. The van der Waals surface area contributed by atoms with Crippen molar-refractivity contribution in [3.05, 3.63) is 11.6 Å². The Balaban J connectivity index is 5.42. The molecule has 0 saturated carbocycles. The zero-order valence-corrected chi connectivity index (χ0v) is 11.7. The van der Waals surface area contributed by atoms with Gasteiger partial charge in [-0.05, 0) is 0 Å². The molecule has 0 N–H and O–H groups in total. The maximum absolute atomic E-state index is 13.1. The predicted molar refractivity (Wildman–Crippen MR) is 56.4 cm³/mol. The molecule has 0 unspecified atom stereocenters. The Morgan fingerprint density at radius 3 is 1.67 bits per heavy atom. The van der Waals surface area contributed by atoms with Crippen LogP contribution in [0.5, 0.6) is 0 Å². The van der Waals surface area contributed by atoms with Crippen LogP contribution in [0.2, 0.25) is 0 Å². The largest absolute Gasteiger partial charge is 0.462 e. The Morgan fingerprint density at radius 2 is 1.29 bits per heavy atom. The number of rotatable bonds is 7. The van der Waals surface area contributed by atoms with Gasteiger partial charge in [-0.1, -0.05) is 11.6 Å². The van der Waals surface area contributed by atoms with E-state index in [1.807, 2.05) is 0 Å². The molecule has 24 heavy (non-hydrogen) atoms. The van der Waals surface area contributed by atoms with Gasteiger partial charge in [0.1, 0.15) is 0 Å². The fourth-order valence-electron chi connectivity index (χ4n) is 1.14. The van der Waals surface area contributed by atoms with Crippen molar-refractivity contribution in [2.24, 2.45) is 0 Å². The van der Waals surface area contributed by atoms with Crippen molar-refractivity contribution >= 4 is 17.6 Å². The monoisotopic (exact) mass is 402 g/mol. The van der Waals surface area contributed by atoms with Gasteiger partial charge in [0.25, 0.3) is 0 Å². The van der Waals surface area contributed by atoms with Gasteiger partial charge in [0.05, 0.1) is 13.0 Å². The van der Waals surface area contributed by atoms with Gasteiger partial charge < -0.3 is 4.74 Å². The van der Waals surface area contributed by atoms with Gasteiger partial charge in [0.15, 0.2) is 0 Å². The van der Waals surface area contributed by atoms with Crippen LogP contribution in [0.4, 0.5) is 48.3 Å². The van der Waals surface area contributed by atoms with E-state index in [0.29, 0.717) is 11.6 Å². The van der Waals surface area contributed by atoms with Gasteiger partial charge >= 0.3 is 35.8 Å². The van der Waals surface area contributed by atoms with Crippen LogP contribution in [0.15, 0.2) is 11.6 Å². The maximum atomic E-state index is 13.1. The number of halogens is 12. The van der Waals surface area contributed by atoms with E-state index in [1.165, 1.54) is 0 Å². The average Bonchev–Trinajstić information content (AvgIpc) is 2.36. The predicted octanol–water partition coefficient (Wildman–Crippen LogP) is 4.78. The van der Waals surface area contributed by atoms with Crippen LogP contribution >= 0.6 is 11.6 Å². The molecular weight excluding hydrogens is 397 g/mol. The fraction of sp³-hybridized carbons (Fsp3) is 0.700. The van der Waals surface area contributed by atoms with E-state index >= 15 is 0 Å². The molecule has 0 saturated heterocycles. The van der Waals surface area contributed by atoms with Crippen molar-refractivity contribution < 1.29 is 57.8 Å². The van der Waals surface area contributed by atoms with Crippen LogP contribution in [-0.2, 0) is 9.53 Å². The molecule has 2 nitrogen and oxygen atoms in total. The molecule has 0 aromatic heterocycles. The highest BCUT2D eigenvalue weighted by molar-refractivity contribution is 6.26. The molecule has 142 valence electrons. The third-order valence-corrected chi connectivity index (χ3v) is 2.59. The van der Waals surface area contributed by atoms with E-state index in [1.54, 1.807) is 0 Å². The van der Waals surface area contributed by atoms with Crippen LogP contribution in [0, 0.1) is 0 Å². The quantitative estimate of drug-likeness (QED) is 0.348. The summed E-state index contributed by atoms with van der Waals surface area (Å²) >= 11 is 4.85. The highest BCUT2D eigenvalue weighted by atomic mass is 35.5. The van der Waals surface area contributed by atoms with Crippen LogP contribution < -0.4 is 0 Å². The average molecular weight is 403 g/mol. The first kappa shape index (κ1) is 22.7. The summed E-state index contributed by atoms with van der Waals surface area (Å²) in [6.45, 7) is -1.68. The van der Waals surface area contributed by atoms with Crippen molar-refractivity contribution in [3.63, 3.8) is 0 Å². The third-order valence-electron chi connectivity index (χ3n) is 2.46. The lowest BCUT2D eigenvalue weighted by molar-refractivity contribution is -0.422. The summed E-state index contributed by atoms with van der Waals surface area (Å²) in [5, 5.41) is 0. The first-order valence-corrected chi connectivity index (χ1v) is 5.91. The van der Waals surface area contributed by atoms with Gasteiger partial charge in [-0.15, -0.1) is 0 Å². The summed E-state index contributed by atoms with van der Waals surface area (Å²) in [6.07, 6.45) is -9.27. The standard InChI is InChI=1S/C10H6ClF11O2/c11-3-1-5(23)24-4-2-6(12,13)7(14,15)8(16,17)9(18,19)10(20,21)22/h1,3H,2,4H2/b3-1-. The molecule has 0 heterocycles. The Kier molecular flexibility index (Phi) is 6.56. The second-order valence-electron chi connectivity index (χ2n) is 4.14. The normalized spacial score (nSPS) is 15.0. The molecule has 0 atom stereocenters. The molecular formula is C10H6ClF11O2. The van der Waals surface area contributed by atoms with Crippen molar-refractivity contribution in [1.82, 2.24) is 0 Å². The number of hydrogen-bond acceptors (Lipinski definition) is 2. The number of carbonyl (C=O) groups is 1. The molecule has 0 rings (SSSR count). The highest BCUT2D eigenvalue weighted by Gasteiger charge is 2.86. The molecule has 0 aromatic carbocycles. The maximum Gasteiger partial charge on any atom is 0.460 e. The molecule has 0 amide bonds. The number of ether oxygens (including phenoxy) is 1. The first-order valence-electron chi connectivity index (χ1n) is 5.47. The third kappa shape index (κ3) is 4.03.